The van der Waals surface area contributed by atoms with Gasteiger partial charge in [-0.1, -0.05) is 11.6 Å². The molecule has 5 nitrogen and oxygen atoms in total. The van der Waals surface area contributed by atoms with Crippen molar-refractivity contribution in [2.45, 2.75) is 70.5 Å². The Morgan fingerprint density at radius 2 is 2.20 bits per heavy atom. The third-order valence-electron chi connectivity index (χ3n) is 4.60. The minimum Gasteiger partial charge on any atom is -0.338 e. The van der Waals surface area contributed by atoms with Crippen molar-refractivity contribution in [3.8, 4) is 0 Å². The molecule has 3 rings (SSSR count). The van der Waals surface area contributed by atoms with Crippen LogP contribution < -0.4 is 5.32 Å². The van der Waals surface area contributed by atoms with Crippen LogP contribution in [0.1, 0.15) is 63.7 Å². The van der Waals surface area contributed by atoms with Crippen LogP contribution >= 0.6 is 0 Å². The van der Waals surface area contributed by atoms with Gasteiger partial charge in [0.15, 0.2) is 5.82 Å². The first-order valence-corrected chi connectivity index (χ1v) is 8.05. The molecule has 0 aromatic carbocycles. The Balaban J connectivity index is 1.64. The average Bonchev–Trinajstić information content (AvgIpc) is 3.09. The van der Waals surface area contributed by atoms with Gasteiger partial charge in [0.1, 0.15) is 0 Å². The molecular weight excluding hydrogens is 252 g/mol. The van der Waals surface area contributed by atoms with Gasteiger partial charge in [0.25, 0.3) is 0 Å². The molecule has 1 aromatic heterocycles. The van der Waals surface area contributed by atoms with Crippen LogP contribution in [0, 0.1) is 0 Å². The fraction of sp³-hybridized carbons (Fsp3) is 0.867. The first-order chi connectivity index (χ1) is 9.74. The Morgan fingerprint density at radius 1 is 1.30 bits per heavy atom. The molecule has 5 heteroatoms. The molecule has 2 saturated heterocycles. The molecule has 112 valence electrons. The molecule has 0 spiro atoms. The molecule has 2 aliphatic heterocycles. The third-order valence-corrected chi connectivity index (χ3v) is 4.60. The number of rotatable bonds is 4. The molecule has 2 fully saturated rings. The van der Waals surface area contributed by atoms with E-state index < -0.39 is 0 Å². The molecule has 0 saturated carbocycles. The Labute approximate surface area is 121 Å². The van der Waals surface area contributed by atoms with Gasteiger partial charge in [-0.05, 0) is 52.6 Å². The van der Waals surface area contributed by atoms with E-state index in [4.69, 9.17) is 4.52 Å². The molecule has 20 heavy (non-hydrogen) atoms. The molecule has 3 heterocycles. The second kappa shape index (κ2) is 6.22. The Morgan fingerprint density at radius 3 is 2.95 bits per heavy atom. The summed E-state index contributed by atoms with van der Waals surface area (Å²) in [6.45, 7) is 6.83. The van der Waals surface area contributed by atoms with Gasteiger partial charge in [-0.3, -0.25) is 4.90 Å². The minimum atomic E-state index is 0.281. The van der Waals surface area contributed by atoms with Crippen LogP contribution in [0.15, 0.2) is 4.52 Å². The predicted octanol–water partition coefficient (Wildman–Crippen LogP) is 2.30. The van der Waals surface area contributed by atoms with Crippen molar-refractivity contribution >= 4 is 0 Å². The molecule has 0 bridgehead atoms. The zero-order valence-corrected chi connectivity index (χ0v) is 12.6. The van der Waals surface area contributed by atoms with Crippen molar-refractivity contribution in [1.82, 2.24) is 20.4 Å². The fourth-order valence-electron chi connectivity index (χ4n) is 3.52. The monoisotopic (exact) mass is 278 g/mol. The van der Waals surface area contributed by atoms with E-state index in [1.165, 1.54) is 32.2 Å². The maximum atomic E-state index is 5.44. The topological polar surface area (TPSA) is 54.2 Å². The second-order valence-corrected chi connectivity index (χ2v) is 6.38. The Hall–Kier alpha value is -0.940. The molecule has 1 N–H and O–H groups in total. The van der Waals surface area contributed by atoms with Crippen molar-refractivity contribution in [2.24, 2.45) is 0 Å². The van der Waals surface area contributed by atoms with Crippen LogP contribution in [-0.2, 0) is 6.42 Å². The van der Waals surface area contributed by atoms with E-state index in [0.29, 0.717) is 12.1 Å². The summed E-state index contributed by atoms with van der Waals surface area (Å²) in [5.41, 5.74) is 0. The minimum absolute atomic E-state index is 0.281. The van der Waals surface area contributed by atoms with Crippen molar-refractivity contribution in [3.05, 3.63) is 11.7 Å². The first-order valence-electron chi connectivity index (χ1n) is 8.05. The summed E-state index contributed by atoms with van der Waals surface area (Å²) in [6.07, 6.45) is 7.13. The zero-order chi connectivity index (χ0) is 13.9. The second-order valence-electron chi connectivity index (χ2n) is 6.38. The summed E-state index contributed by atoms with van der Waals surface area (Å²) < 4.78 is 5.44. The highest BCUT2D eigenvalue weighted by molar-refractivity contribution is 4.98. The highest BCUT2D eigenvalue weighted by Crippen LogP contribution is 2.24. The highest BCUT2D eigenvalue weighted by Gasteiger charge is 2.27. The fourth-order valence-corrected chi connectivity index (χ4v) is 3.52. The standard InChI is InChI=1S/C15H26N4O/c1-11(2)19-9-4-3-6-12(19)10-14-17-15(20-18-14)13-7-5-8-16-13/h11-13,16H,3-10H2,1-2H3. The molecule has 2 atom stereocenters. The third kappa shape index (κ3) is 3.04. The number of piperidine rings is 1. The van der Waals surface area contributed by atoms with Crippen LogP contribution in [-0.4, -0.2) is 40.2 Å². The maximum absolute atomic E-state index is 5.44. The lowest BCUT2D eigenvalue weighted by Crippen LogP contribution is -2.45. The average molecular weight is 278 g/mol. The van der Waals surface area contributed by atoms with E-state index in [0.717, 1.165) is 31.1 Å². The number of hydrogen-bond donors (Lipinski definition) is 1. The van der Waals surface area contributed by atoms with Gasteiger partial charge < -0.3 is 9.84 Å². The quantitative estimate of drug-likeness (QED) is 0.916. The number of aromatic nitrogens is 2. The summed E-state index contributed by atoms with van der Waals surface area (Å²) in [7, 11) is 0. The van der Waals surface area contributed by atoms with E-state index in [1.54, 1.807) is 0 Å². The number of nitrogens with one attached hydrogen (secondary N) is 1. The van der Waals surface area contributed by atoms with E-state index in [9.17, 15) is 0 Å². The smallest absolute Gasteiger partial charge is 0.243 e. The van der Waals surface area contributed by atoms with Gasteiger partial charge in [0.2, 0.25) is 5.89 Å². The van der Waals surface area contributed by atoms with Gasteiger partial charge >= 0.3 is 0 Å². The Kier molecular flexibility index (Phi) is 4.36. The van der Waals surface area contributed by atoms with E-state index >= 15 is 0 Å². The molecule has 2 unspecified atom stereocenters. The van der Waals surface area contributed by atoms with Gasteiger partial charge in [0.05, 0.1) is 6.04 Å². The van der Waals surface area contributed by atoms with Crippen LogP contribution in [0.4, 0.5) is 0 Å². The summed E-state index contributed by atoms with van der Waals surface area (Å²) in [4.78, 5) is 7.20. The SMILES string of the molecule is CC(C)N1CCCCC1Cc1noc(C2CCCN2)n1. The molecule has 2 aliphatic rings. The van der Waals surface area contributed by atoms with Gasteiger partial charge in [-0.25, -0.2) is 0 Å². The largest absolute Gasteiger partial charge is 0.338 e. The lowest BCUT2D eigenvalue weighted by molar-refractivity contribution is 0.110. The number of likely N-dealkylation sites (tertiary alicyclic amines) is 1. The summed E-state index contributed by atoms with van der Waals surface area (Å²) >= 11 is 0. The number of nitrogens with zero attached hydrogens (tertiary/aromatic N) is 3. The van der Waals surface area contributed by atoms with Crippen molar-refractivity contribution in [3.63, 3.8) is 0 Å². The van der Waals surface area contributed by atoms with Crippen molar-refractivity contribution in [2.75, 3.05) is 13.1 Å². The first kappa shape index (κ1) is 14.0. The Bertz CT molecular complexity index is 425. The lowest BCUT2D eigenvalue weighted by Gasteiger charge is -2.38. The van der Waals surface area contributed by atoms with Crippen LogP contribution in [0.25, 0.3) is 0 Å². The lowest BCUT2D eigenvalue weighted by atomic mass is 9.97. The summed E-state index contributed by atoms with van der Waals surface area (Å²) in [6, 6.07) is 1.46. The summed E-state index contributed by atoms with van der Waals surface area (Å²) in [5.74, 6) is 1.66. The van der Waals surface area contributed by atoms with Gasteiger partial charge in [-0.15, -0.1) is 0 Å². The number of hydrogen-bond acceptors (Lipinski definition) is 5. The summed E-state index contributed by atoms with van der Waals surface area (Å²) in [5, 5.41) is 7.61. The van der Waals surface area contributed by atoms with Crippen LogP contribution in [0.5, 0.6) is 0 Å². The van der Waals surface area contributed by atoms with E-state index in [-0.39, 0.29) is 6.04 Å². The van der Waals surface area contributed by atoms with Gasteiger partial charge in [0, 0.05) is 18.5 Å². The van der Waals surface area contributed by atoms with E-state index in [2.05, 4.69) is 34.2 Å². The normalized spacial score (nSPS) is 28.4. The van der Waals surface area contributed by atoms with Crippen LogP contribution in [0.3, 0.4) is 0 Å². The van der Waals surface area contributed by atoms with E-state index in [1.807, 2.05) is 0 Å². The highest BCUT2D eigenvalue weighted by atomic mass is 16.5. The molecule has 1 aromatic rings. The molecule has 0 aliphatic carbocycles. The molecular formula is C15H26N4O. The molecule has 0 amide bonds. The zero-order valence-electron chi connectivity index (χ0n) is 12.6. The maximum Gasteiger partial charge on any atom is 0.243 e. The molecule has 0 radical (unpaired) electrons. The van der Waals surface area contributed by atoms with Gasteiger partial charge in [-0.2, -0.15) is 4.98 Å². The van der Waals surface area contributed by atoms with Crippen molar-refractivity contribution in [1.29, 1.82) is 0 Å². The van der Waals surface area contributed by atoms with Crippen LogP contribution in [0.2, 0.25) is 0 Å². The van der Waals surface area contributed by atoms with Crippen molar-refractivity contribution < 1.29 is 4.52 Å². The predicted molar refractivity (Wildman–Crippen MR) is 77.5 cm³/mol.